The number of aliphatic hydroxyl groups is 1. The summed E-state index contributed by atoms with van der Waals surface area (Å²) in [6.07, 6.45) is 2.74. The summed E-state index contributed by atoms with van der Waals surface area (Å²) < 4.78 is 12.5. The molecular weight excluding hydrogens is 199 g/mol. The van der Waals surface area contributed by atoms with E-state index in [-0.39, 0.29) is 12.5 Å². The van der Waals surface area contributed by atoms with Gasteiger partial charge in [-0.15, -0.1) is 0 Å². The summed E-state index contributed by atoms with van der Waals surface area (Å²) >= 11 is 0. The first-order chi connectivity index (χ1) is 7.15. The standard InChI is InChI=1S/C10H11FN2O2/c11-8-2-1-7(5-12-8)9(15)13-10(6-14)3-4-10/h1-2,5,14H,3-4,6H2,(H,13,15). The van der Waals surface area contributed by atoms with Gasteiger partial charge in [-0.2, -0.15) is 4.39 Å². The van der Waals surface area contributed by atoms with Gasteiger partial charge in [-0.1, -0.05) is 0 Å². The number of pyridine rings is 1. The molecule has 2 N–H and O–H groups in total. The summed E-state index contributed by atoms with van der Waals surface area (Å²) in [6.45, 7) is -0.0621. The van der Waals surface area contributed by atoms with Crippen molar-refractivity contribution in [3.63, 3.8) is 0 Å². The number of halogens is 1. The molecule has 1 aromatic heterocycles. The molecule has 0 bridgehead atoms. The fourth-order valence-corrected chi connectivity index (χ4v) is 1.30. The minimum atomic E-state index is -0.616. The highest BCUT2D eigenvalue weighted by Gasteiger charge is 2.43. The summed E-state index contributed by atoms with van der Waals surface area (Å²) in [5, 5.41) is 11.7. The molecule has 80 valence electrons. The van der Waals surface area contributed by atoms with Gasteiger partial charge in [-0.3, -0.25) is 4.79 Å². The Hall–Kier alpha value is -1.49. The van der Waals surface area contributed by atoms with Gasteiger partial charge in [0.1, 0.15) is 0 Å². The number of aliphatic hydroxyl groups excluding tert-OH is 1. The zero-order chi connectivity index (χ0) is 10.9. The molecule has 2 rings (SSSR count). The van der Waals surface area contributed by atoms with Crippen molar-refractivity contribution in [1.82, 2.24) is 10.3 Å². The van der Waals surface area contributed by atoms with E-state index in [1.807, 2.05) is 0 Å². The second-order valence-corrected chi connectivity index (χ2v) is 3.76. The zero-order valence-electron chi connectivity index (χ0n) is 8.03. The van der Waals surface area contributed by atoms with Crippen molar-refractivity contribution in [3.05, 3.63) is 29.8 Å². The van der Waals surface area contributed by atoms with Crippen LogP contribution in [0.25, 0.3) is 0 Å². The van der Waals surface area contributed by atoms with Crippen LogP contribution in [0.4, 0.5) is 4.39 Å². The fraction of sp³-hybridized carbons (Fsp3) is 0.400. The number of aromatic nitrogens is 1. The molecule has 1 amide bonds. The molecule has 1 saturated carbocycles. The predicted octanol–water partition coefficient (Wildman–Crippen LogP) is 0.475. The summed E-state index contributed by atoms with van der Waals surface area (Å²) in [4.78, 5) is 15.0. The van der Waals surface area contributed by atoms with E-state index >= 15 is 0 Å². The molecular formula is C10H11FN2O2. The van der Waals surface area contributed by atoms with Crippen molar-refractivity contribution >= 4 is 5.91 Å². The normalized spacial score (nSPS) is 17.2. The van der Waals surface area contributed by atoms with E-state index in [1.165, 1.54) is 12.3 Å². The Morgan fingerprint density at radius 2 is 2.33 bits per heavy atom. The van der Waals surface area contributed by atoms with Crippen LogP contribution in [0.2, 0.25) is 0 Å². The van der Waals surface area contributed by atoms with Gasteiger partial charge in [-0.25, -0.2) is 4.98 Å². The van der Waals surface area contributed by atoms with Crippen LogP contribution in [0.5, 0.6) is 0 Å². The smallest absolute Gasteiger partial charge is 0.253 e. The first kappa shape index (κ1) is 10.0. The maximum Gasteiger partial charge on any atom is 0.253 e. The van der Waals surface area contributed by atoms with E-state index in [0.29, 0.717) is 5.56 Å². The fourth-order valence-electron chi connectivity index (χ4n) is 1.30. The Kier molecular flexibility index (Phi) is 2.40. The third-order valence-corrected chi connectivity index (χ3v) is 2.52. The Morgan fingerprint density at radius 1 is 1.60 bits per heavy atom. The minimum Gasteiger partial charge on any atom is -0.394 e. The Morgan fingerprint density at radius 3 is 2.80 bits per heavy atom. The van der Waals surface area contributed by atoms with E-state index in [9.17, 15) is 9.18 Å². The second kappa shape index (κ2) is 3.58. The molecule has 5 heteroatoms. The van der Waals surface area contributed by atoms with Crippen LogP contribution < -0.4 is 5.32 Å². The second-order valence-electron chi connectivity index (χ2n) is 3.76. The number of amides is 1. The number of carbonyl (C=O) groups is 1. The summed E-state index contributed by atoms with van der Waals surface area (Å²) in [5.41, 5.74) is -0.151. The highest BCUT2D eigenvalue weighted by molar-refractivity contribution is 5.94. The maximum absolute atomic E-state index is 12.5. The molecule has 1 aliphatic rings. The first-order valence-electron chi connectivity index (χ1n) is 4.70. The lowest BCUT2D eigenvalue weighted by atomic mass is 10.2. The van der Waals surface area contributed by atoms with Gasteiger partial charge < -0.3 is 10.4 Å². The van der Waals surface area contributed by atoms with Gasteiger partial charge in [0.2, 0.25) is 5.95 Å². The van der Waals surface area contributed by atoms with Gasteiger partial charge >= 0.3 is 0 Å². The van der Waals surface area contributed by atoms with Gasteiger partial charge in [-0.05, 0) is 25.0 Å². The summed E-state index contributed by atoms with van der Waals surface area (Å²) in [6, 6.07) is 2.50. The monoisotopic (exact) mass is 210 g/mol. The van der Waals surface area contributed by atoms with Crippen molar-refractivity contribution < 1.29 is 14.3 Å². The molecule has 0 saturated heterocycles. The molecule has 0 aliphatic heterocycles. The van der Waals surface area contributed by atoms with Gasteiger partial charge in [0.05, 0.1) is 17.7 Å². The van der Waals surface area contributed by atoms with E-state index in [0.717, 1.165) is 18.9 Å². The number of nitrogens with one attached hydrogen (secondary N) is 1. The predicted molar refractivity (Wildman–Crippen MR) is 50.7 cm³/mol. The lowest BCUT2D eigenvalue weighted by Crippen LogP contribution is -2.39. The van der Waals surface area contributed by atoms with Crippen LogP contribution in [-0.2, 0) is 0 Å². The average Bonchev–Trinajstić information content (AvgIpc) is 2.99. The highest BCUT2D eigenvalue weighted by atomic mass is 19.1. The lowest BCUT2D eigenvalue weighted by Gasteiger charge is -2.13. The molecule has 0 aromatic carbocycles. The molecule has 1 fully saturated rings. The van der Waals surface area contributed by atoms with E-state index in [1.54, 1.807) is 0 Å². The topological polar surface area (TPSA) is 62.2 Å². The summed E-state index contributed by atoms with van der Waals surface area (Å²) in [5.74, 6) is -0.941. The average molecular weight is 210 g/mol. The van der Waals surface area contributed by atoms with Crippen LogP contribution in [0.3, 0.4) is 0 Å². The first-order valence-corrected chi connectivity index (χ1v) is 4.70. The maximum atomic E-state index is 12.5. The van der Waals surface area contributed by atoms with Gasteiger partial charge in [0.15, 0.2) is 0 Å². The summed E-state index contributed by atoms with van der Waals surface area (Å²) in [7, 11) is 0. The molecule has 0 spiro atoms. The number of rotatable bonds is 3. The van der Waals surface area contributed by atoms with Gasteiger partial charge in [0, 0.05) is 6.20 Å². The van der Waals surface area contributed by atoms with Crippen molar-refractivity contribution in [2.75, 3.05) is 6.61 Å². The molecule has 1 aromatic rings. The van der Waals surface area contributed by atoms with Crippen LogP contribution in [0, 0.1) is 5.95 Å². The van der Waals surface area contributed by atoms with Crippen LogP contribution in [0.15, 0.2) is 18.3 Å². The number of hydrogen-bond donors (Lipinski definition) is 2. The largest absolute Gasteiger partial charge is 0.394 e. The van der Waals surface area contributed by atoms with E-state index < -0.39 is 11.5 Å². The van der Waals surface area contributed by atoms with E-state index in [4.69, 9.17) is 5.11 Å². The molecule has 0 atom stereocenters. The third-order valence-electron chi connectivity index (χ3n) is 2.52. The van der Waals surface area contributed by atoms with Crippen LogP contribution in [0.1, 0.15) is 23.2 Å². The molecule has 4 nitrogen and oxygen atoms in total. The zero-order valence-corrected chi connectivity index (χ0v) is 8.03. The number of nitrogens with zero attached hydrogens (tertiary/aromatic N) is 1. The lowest BCUT2D eigenvalue weighted by molar-refractivity contribution is 0.0906. The number of hydrogen-bond acceptors (Lipinski definition) is 3. The van der Waals surface area contributed by atoms with Crippen molar-refractivity contribution in [2.45, 2.75) is 18.4 Å². The van der Waals surface area contributed by atoms with Crippen LogP contribution >= 0.6 is 0 Å². The van der Waals surface area contributed by atoms with Crippen molar-refractivity contribution in [2.24, 2.45) is 0 Å². The van der Waals surface area contributed by atoms with Crippen molar-refractivity contribution in [3.8, 4) is 0 Å². The molecule has 0 radical (unpaired) electrons. The minimum absolute atomic E-state index is 0.0621. The third kappa shape index (κ3) is 2.12. The molecule has 0 unspecified atom stereocenters. The quantitative estimate of drug-likeness (QED) is 0.713. The Bertz CT molecular complexity index is 374. The SMILES string of the molecule is O=C(NC1(CO)CC1)c1ccc(F)nc1. The number of carbonyl (C=O) groups excluding carboxylic acids is 1. The molecule has 1 aliphatic carbocycles. The Balaban J connectivity index is 2.05. The van der Waals surface area contributed by atoms with Gasteiger partial charge in [0.25, 0.3) is 5.91 Å². The van der Waals surface area contributed by atoms with Crippen molar-refractivity contribution in [1.29, 1.82) is 0 Å². The molecule has 15 heavy (non-hydrogen) atoms. The van der Waals surface area contributed by atoms with E-state index in [2.05, 4.69) is 10.3 Å². The highest BCUT2D eigenvalue weighted by Crippen LogP contribution is 2.34. The Labute approximate surface area is 86.1 Å². The molecule has 1 heterocycles. The van der Waals surface area contributed by atoms with Crippen LogP contribution in [-0.4, -0.2) is 28.1 Å².